The van der Waals surface area contributed by atoms with E-state index in [1.54, 1.807) is 12.1 Å². The van der Waals surface area contributed by atoms with Gasteiger partial charge in [-0.15, -0.1) is 0 Å². The molecule has 0 spiro atoms. The van der Waals surface area contributed by atoms with E-state index in [9.17, 15) is 22.8 Å². The van der Waals surface area contributed by atoms with E-state index in [1.165, 1.54) is 11.0 Å². The number of halogens is 3. The van der Waals surface area contributed by atoms with E-state index in [4.69, 9.17) is 21.7 Å². The number of carbonyl (C=O) groups is 2. The smallest absolute Gasteiger partial charge is 0.414 e. The maximum Gasteiger partial charge on any atom is 0.414 e. The Balaban J connectivity index is 1.57. The Morgan fingerprint density at radius 2 is 2.03 bits per heavy atom. The summed E-state index contributed by atoms with van der Waals surface area (Å²) in [5.74, 6) is -1.93. The summed E-state index contributed by atoms with van der Waals surface area (Å²) in [6.45, 7) is 4.65. The molecule has 0 saturated carbocycles. The van der Waals surface area contributed by atoms with E-state index in [2.05, 4.69) is 0 Å². The number of piperazine rings is 1. The van der Waals surface area contributed by atoms with Crippen LogP contribution in [0.2, 0.25) is 0 Å². The van der Waals surface area contributed by atoms with Gasteiger partial charge in [-0.05, 0) is 36.8 Å². The van der Waals surface area contributed by atoms with Gasteiger partial charge in [-0.3, -0.25) is 9.69 Å². The predicted molar refractivity (Wildman–Crippen MR) is 116 cm³/mol. The van der Waals surface area contributed by atoms with Crippen molar-refractivity contribution in [2.45, 2.75) is 25.9 Å². The van der Waals surface area contributed by atoms with Crippen molar-refractivity contribution in [3.8, 4) is 0 Å². The number of hydrogen-bond donors (Lipinski definition) is 1. The number of nitrogens with one attached hydrogen (secondary N) is 1. The van der Waals surface area contributed by atoms with E-state index in [0.29, 0.717) is 43.6 Å². The van der Waals surface area contributed by atoms with E-state index in [-0.39, 0.29) is 18.8 Å². The summed E-state index contributed by atoms with van der Waals surface area (Å²) in [5, 5.41) is 2.46. The molecule has 1 N–H and O–H groups in total. The quantitative estimate of drug-likeness (QED) is 0.609. The first kappa shape index (κ1) is 23.9. The van der Waals surface area contributed by atoms with Crippen molar-refractivity contribution in [1.82, 2.24) is 10.2 Å². The number of amides is 2. The normalized spacial score (nSPS) is 18.7. The fraction of sp³-hybridized carbons (Fsp3) is 0.550. The molecule has 1 atom stereocenters. The first-order chi connectivity index (χ1) is 15.3. The fourth-order valence-corrected chi connectivity index (χ4v) is 3.73. The molecule has 2 aliphatic rings. The predicted octanol–water partition coefficient (Wildman–Crippen LogP) is 2.37. The van der Waals surface area contributed by atoms with Crippen LogP contribution in [0.3, 0.4) is 0 Å². The topological polar surface area (TPSA) is 74.3 Å². The zero-order chi connectivity index (χ0) is 23.3. The average molecular weight is 475 g/mol. The molecule has 0 bridgehead atoms. The standard InChI is InChI=1S/C20H25F3N4O4S/c1-2-9-30-20(32)26-7-5-25(6-8-26)16-4-3-13(10-15(16)21)27-12-14(31-19(27)29)11-24-18(28)17(22)23/h3-4,10,14,17H,2,5-9,11-12H2,1H3,(H,24,28)/t14-/m0/s1. The highest BCUT2D eigenvalue weighted by atomic mass is 32.1. The Morgan fingerprint density at radius 1 is 1.31 bits per heavy atom. The van der Waals surface area contributed by atoms with Gasteiger partial charge in [0, 0.05) is 26.2 Å². The zero-order valence-electron chi connectivity index (χ0n) is 17.6. The number of thiocarbonyl (C=S) groups is 1. The van der Waals surface area contributed by atoms with Gasteiger partial charge in [-0.2, -0.15) is 8.78 Å². The molecular weight excluding hydrogens is 449 g/mol. The lowest BCUT2D eigenvalue weighted by Crippen LogP contribution is -2.49. The minimum absolute atomic E-state index is 0.00895. The summed E-state index contributed by atoms with van der Waals surface area (Å²) < 4.78 is 50.0. The Kier molecular flexibility index (Phi) is 7.99. The third kappa shape index (κ3) is 5.72. The highest BCUT2D eigenvalue weighted by Gasteiger charge is 2.33. The molecule has 3 rings (SSSR count). The molecule has 0 aromatic heterocycles. The fourth-order valence-electron chi connectivity index (χ4n) is 3.46. The molecule has 2 aliphatic heterocycles. The minimum Gasteiger partial charge on any atom is -0.471 e. The molecular formula is C20H25F3N4O4S. The van der Waals surface area contributed by atoms with Crippen LogP contribution < -0.4 is 15.1 Å². The van der Waals surface area contributed by atoms with Crippen LogP contribution in [0.5, 0.6) is 0 Å². The number of benzene rings is 1. The van der Waals surface area contributed by atoms with Crippen LogP contribution in [0, 0.1) is 5.82 Å². The molecule has 2 amide bonds. The largest absolute Gasteiger partial charge is 0.471 e. The second kappa shape index (κ2) is 10.7. The molecule has 32 heavy (non-hydrogen) atoms. The van der Waals surface area contributed by atoms with Crippen LogP contribution in [0.1, 0.15) is 13.3 Å². The number of carbonyl (C=O) groups excluding carboxylic acids is 2. The number of rotatable bonds is 7. The minimum atomic E-state index is -3.15. The summed E-state index contributed by atoms with van der Waals surface area (Å²) in [6.07, 6.45) is -3.82. The molecule has 12 heteroatoms. The lowest BCUT2D eigenvalue weighted by Gasteiger charge is -2.37. The highest BCUT2D eigenvalue weighted by molar-refractivity contribution is 7.80. The lowest BCUT2D eigenvalue weighted by molar-refractivity contribution is -0.132. The summed E-state index contributed by atoms with van der Waals surface area (Å²) >= 11 is 5.27. The molecule has 0 radical (unpaired) electrons. The van der Waals surface area contributed by atoms with Crippen molar-refractivity contribution in [1.29, 1.82) is 0 Å². The van der Waals surface area contributed by atoms with Gasteiger partial charge in [0.15, 0.2) is 0 Å². The number of hydrogen-bond acceptors (Lipinski definition) is 6. The van der Waals surface area contributed by atoms with Crippen molar-refractivity contribution >= 4 is 40.8 Å². The van der Waals surface area contributed by atoms with Gasteiger partial charge in [-0.25, -0.2) is 9.18 Å². The van der Waals surface area contributed by atoms with Crippen molar-refractivity contribution in [3.63, 3.8) is 0 Å². The first-order valence-corrected chi connectivity index (χ1v) is 10.7. The molecule has 176 valence electrons. The van der Waals surface area contributed by atoms with Gasteiger partial charge in [0.25, 0.3) is 11.1 Å². The highest BCUT2D eigenvalue weighted by Crippen LogP contribution is 2.28. The Morgan fingerprint density at radius 3 is 2.66 bits per heavy atom. The number of anilines is 2. The van der Waals surface area contributed by atoms with Gasteiger partial charge in [-0.1, -0.05) is 6.92 Å². The van der Waals surface area contributed by atoms with Gasteiger partial charge < -0.3 is 24.6 Å². The SMILES string of the molecule is CCCOC(=S)N1CCN(c2ccc(N3C[C@H](CNC(=O)C(F)F)OC3=O)cc2F)CC1. The van der Waals surface area contributed by atoms with Crippen molar-refractivity contribution in [2.24, 2.45) is 0 Å². The Labute approximate surface area is 189 Å². The molecule has 8 nitrogen and oxygen atoms in total. The molecule has 1 aromatic rings. The zero-order valence-corrected chi connectivity index (χ0v) is 18.4. The van der Waals surface area contributed by atoms with Crippen molar-refractivity contribution in [3.05, 3.63) is 24.0 Å². The van der Waals surface area contributed by atoms with E-state index in [0.717, 1.165) is 6.42 Å². The lowest BCUT2D eigenvalue weighted by atomic mass is 10.2. The van der Waals surface area contributed by atoms with Crippen LogP contribution in [-0.2, 0) is 14.3 Å². The number of alkyl halides is 2. The summed E-state index contributed by atoms with van der Waals surface area (Å²) in [7, 11) is 0. The number of cyclic esters (lactones) is 1. The second-order valence-electron chi connectivity index (χ2n) is 7.39. The van der Waals surface area contributed by atoms with Crippen LogP contribution in [-0.4, -0.2) is 80.5 Å². The third-order valence-corrected chi connectivity index (χ3v) is 5.50. The van der Waals surface area contributed by atoms with E-state index in [1.807, 2.05) is 22.0 Å². The summed E-state index contributed by atoms with van der Waals surface area (Å²) in [5.41, 5.74) is 0.689. The second-order valence-corrected chi connectivity index (χ2v) is 7.74. The Hall–Kier alpha value is -2.76. The van der Waals surface area contributed by atoms with Crippen LogP contribution in [0.4, 0.5) is 29.3 Å². The molecule has 0 aliphatic carbocycles. The molecule has 1 aromatic carbocycles. The van der Waals surface area contributed by atoms with E-state index >= 15 is 0 Å². The monoisotopic (exact) mass is 474 g/mol. The molecule has 2 heterocycles. The van der Waals surface area contributed by atoms with Crippen LogP contribution in [0.15, 0.2) is 18.2 Å². The summed E-state index contributed by atoms with van der Waals surface area (Å²) in [4.78, 5) is 28.1. The summed E-state index contributed by atoms with van der Waals surface area (Å²) in [6, 6.07) is 4.42. The van der Waals surface area contributed by atoms with Crippen molar-refractivity contribution in [2.75, 3.05) is 55.7 Å². The molecule has 0 unspecified atom stereocenters. The van der Waals surface area contributed by atoms with Crippen LogP contribution in [0.25, 0.3) is 0 Å². The average Bonchev–Trinajstić information content (AvgIpc) is 3.16. The van der Waals surface area contributed by atoms with Gasteiger partial charge in [0.2, 0.25) is 0 Å². The van der Waals surface area contributed by atoms with Gasteiger partial charge >= 0.3 is 12.5 Å². The first-order valence-electron chi connectivity index (χ1n) is 10.3. The number of ether oxygens (including phenoxy) is 2. The van der Waals surface area contributed by atoms with E-state index < -0.39 is 30.3 Å². The van der Waals surface area contributed by atoms with Gasteiger partial charge in [0.05, 0.1) is 31.1 Å². The maximum atomic E-state index is 14.9. The Bertz CT molecular complexity index is 852. The molecule has 2 fully saturated rings. The number of nitrogens with zero attached hydrogens (tertiary/aromatic N) is 3. The van der Waals surface area contributed by atoms with Crippen molar-refractivity contribution < 1.29 is 32.2 Å². The third-order valence-electron chi connectivity index (χ3n) is 5.13. The van der Waals surface area contributed by atoms with Crippen LogP contribution >= 0.6 is 12.2 Å². The van der Waals surface area contributed by atoms with Gasteiger partial charge in [0.1, 0.15) is 11.9 Å². The molecule has 2 saturated heterocycles. The maximum absolute atomic E-state index is 14.9.